The minimum absolute atomic E-state index is 0.460. The highest BCUT2D eigenvalue weighted by Gasteiger charge is 2.72. The number of benzene rings is 1. The lowest BCUT2D eigenvalue weighted by Gasteiger charge is -2.16. The molecule has 0 spiro atoms. The summed E-state index contributed by atoms with van der Waals surface area (Å²) in [5.74, 6) is -1.48. The van der Waals surface area contributed by atoms with Crippen LogP contribution < -0.4 is 0 Å². The first kappa shape index (κ1) is 13.9. The molecule has 0 amide bonds. The Kier molecular flexibility index (Phi) is 2.74. The van der Waals surface area contributed by atoms with Gasteiger partial charge in [-0.05, 0) is 23.1 Å². The summed E-state index contributed by atoms with van der Waals surface area (Å²) in [6.45, 7) is 5.43. The number of rotatable bonds is 2. The summed E-state index contributed by atoms with van der Waals surface area (Å²) >= 11 is 0. The number of hydrogen-bond donors (Lipinski definition) is 1. The van der Waals surface area contributed by atoms with E-state index in [2.05, 4.69) is 0 Å². The zero-order chi connectivity index (χ0) is 14.6. The second-order valence-electron chi connectivity index (χ2n) is 5.77. The van der Waals surface area contributed by atoms with Crippen LogP contribution in [0.5, 0.6) is 0 Å². The van der Waals surface area contributed by atoms with Crippen LogP contribution in [0.3, 0.4) is 0 Å². The van der Waals surface area contributed by atoms with Gasteiger partial charge in [0.1, 0.15) is 0 Å². The Labute approximate surface area is 109 Å². The fourth-order valence-electron chi connectivity index (χ4n) is 3.08. The van der Waals surface area contributed by atoms with Gasteiger partial charge in [-0.25, -0.2) is 0 Å². The molecular formula is C14H15F3O2. The first-order valence-electron chi connectivity index (χ1n) is 5.93. The van der Waals surface area contributed by atoms with Gasteiger partial charge in [-0.15, -0.1) is 0 Å². The van der Waals surface area contributed by atoms with Crippen molar-refractivity contribution in [3.8, 4) is 0 Å². The molecule has 1 fully saturated rings. The van der Waals surface area contributed by atoms with Crippen molar-refractivity contribution < 1.29 is 23.1 Å². The number of carbonyl (C=O) groups is 1. The lowest BCUT2D eigenvalue weighted by atomic mass is 9.89. The topological polar surface area (TPSA) is 37.3 Å². The summed E-state index contributed by atoms with van der Waals surface area (Å²) in [5.41, 5.74) is -1.16. The molecule has 2 nitrogen and oxygen atoms in total. The summed E-state index contributed by atoms with van der Waals surface area (Å²) in [4.78, 5) is 11.2. The first-order chi connectivity index (χ1) is 8.53. The average molecular weight is 272 g/mol. The molecule has 0 bridgehead atoms. The number of alkyl halides is 3. The van der Waals surface area contributed by atoms with E-state index in [0.29, 0.717) is 5.56 Å². The number of carboxylic acids is 1. The predicted octanol–water partition coefficient (Wildman–Crippen LogP) is 3.70. The van der Waals surface area contributed by atoms with E-state index in [4.69, 9.17) is 0 Å². The number of carboxylic acid groups (broad SMARTS) is 1. The highest BCUT2D eigenvalue weighted by atomic mass is 19.4. The molecule has 0 heterocycles. The van der Waals surface area contributed by atoms with Gasteiger partial charge in [0.2, 0.25) is 0 Å². The van der Waals surface area contributed by atoms with Crippen molar-refractivity contribution in [1.82, 2.24) is 0 Å². The molecule has 0 saturated heterocycles. The molecule has 2 atom stereocenters. The number of aliphatic carboxylic acids is 1. The van der Waals surface area contributed by atoms with E-state index in [-0.39, 0.29) is 0 Å². The summed E-state index contributed by atoms with van der Waals surface area (Å²) in [6, 6.07) is 4.78. The number of hydrogen-bond acceptors (Lipinski definition) is 1. The van der Waals surface area contributed by atoms with Gasteiger partial charge in [-0.1, -0.05) is 32.9 Å². The van der Waals surface area contributed by atoms with Gasteiger partial charge in [-0.2, -0.15) is 13.2 Å². The molecule has 1 aromatic rings. The third-order valence-corrected chi connectivity index (χ3v) is 4.61. The lowest BCUT2D eigenvalue weighted by Crippen LogP contribution is -2.13. The van der Waals surface area contributed by atoms with Gasteiger partial charge in [0.15, 0.2) is 0 Å². The van der Waals surface area contributed by atoms with E-state index in [1.165, 1.54) is 12.1 Å². The molecule has 1 aliphatic carbocycles. The normalized spacial score (nSPS) is 29.1. The van der Waals surface area contributed by atoms with Crippen molar-refractivity contribution in [3.05, 3.63) is 35.4 Å². The average Bonchev–Trinajstić information content (AvgIpc) is 2.73. The Morgan fingerprint density at radius 2 is 1.63 bits per heavy atom. The molecule has 1 N–H and O–H groups in total. The van der Waals surface area contributed by atoms with E-state index >= 15 is 0 Å². The monoisotopic (exact) mass is 272 g/mol. The quantitative estimate of drug-likeness (QED) is 0.891. The molecule has 0 aromatic heterocycles. The maximum absolute atomic E-state index is 12.5. The van der Waals surface area contributed by atoms with Crippen LogP contribution in [0.2, 0.25) is 0 Å². The maximum atomic E-state index is 12.5. The second kappa shape index (κ2) is 3.74. The highest BCUT2D eigenvalue weighted by molar-refractivity contribution is 5.79. The maximum Gasteiger partial charge on any atom is 0.416 e. The van der Waals surface area contributed by atoms with Crippen LogP contribution in [0.15, 0.2) is 24.3 Å². The molecule has 19 heavy (non-hydrogen) atoms. The summed E-state index contributed by atoms with van der Waals surface area (Å²) in [7, 11) is 0. The SMILES string of the molecule is CC1(C)C(C(=O)O)C1(C)c1ccc(C(F)(F)F)cc1. The molecule has 1 aliphatic rings. The Hall–Kier alpha value is -1.52. The largest absolute Gasteiger partial charge is 0.481 e. The van der Waals surface area contributed by atoms with Gasteiger partial charge in [0.05, 0.1) is 11.5 Å². The number of halogens is 3. The molecule has 0 radical (unpaired) electrons. The zero-order valence-electron chi connectivity index (χ0n) is 10.9. The van der Waals surface area contributed by atoms with Crippen molar-refractivity contribution >= 4 is 5.97 Å². The minimum atomic E-state index is -4.37. The third kappa shape index (κ3) is 1.83. The summed E-state index contributed by atoms with van der Waals surface area (Å²) in [6.07, 6.45) is -4.37. The Balaban J connectivity index is 2.37. The van der Waals surface area contributed by atoms with E-state index in [1.807, 2.05) is 13.8 Å². The van der Waals surface area contributed by atoms with E-state index in [1.54, 1.807) is 6.92 Å². The van der Waals surface area contributed by atoms with Crippen molar-refractivity contribution in [2.45, 2.75) is 32.4 Å². The van der Waals surface area contributed by atoms with Crippen LogP contribution in [0.4, 0.5) is 13.2 Å². The molecule has 5 heteroatoms. The Morgan fingerprint density at radius 3 is 1.95 bits per heavy atom. The van der Waals surface area contributed by atoms with Crippen LogP contribution in [-0.4, -0.2) is 11.1 Å². The molecule has 2 rings (SSSR count). The van der Waals surface area contributed by atoms with E-state index in [0.717, 1.165) is 12.1 Å². The molecule has 2 unspecified atom stereocenters. The minimum Gasteiger partial charge on any atom is -0.481 e. The molecule has 104 valence electrons. The van der Waals surface area contributed by atoms with Gasteiger partial charge in [0, 0.05) is 5.41 Å². The molecular weight excluding hydrogens is 257 g/mol. The van der Waals surface area contributed by atoms with Gasteiger partial charge in [0.25, 0.3) is 0 Å². The van der Waals surface area contributed by atoms with E-state index in [9.17, 15) is 23.1 Å². The van der Waals surface area contributed by atoms with Crippen LogP contribution in [0, 0.1) is 11.3 Å². The van der Waals surface area contributed by atoms with Gasteiger partial charge >= 0.3 is 12.1 Å². The Bertz CT molecular complexity index is 516. The molecule has 1 saturated carbocycles. The van der Waals surface area contributed by atoms with Crippen molar-refractivity contribution in [2.24, 2.45) is 11.3 Å². The summed E-state index contributed by atoms with van der Waals surface area (Å²) in [5, 5.41) is 9.19. The smallest absolute Gasteiger partial charge is 0.416 e. The highest BCUT2D eigenvalue weighted by Crippen LogP contribution is 2.69. The molecule has 1 aromatic carbocycles. The standard InChI is InChI=1S/C14H15F3O2/c1-12(2)10(11(18)19)13(12,3)8-4-6-9(7-5-8)14(15,16)17/h4-7,10H,1-3H3,(H,18,19). The van der Waals surface area contributed by atoms with Crippen LogP contribution in [0.1, 0.15) is 31.9 Å². The molecule has 0 aliphatic heterocycles. The first-order valence-corrected chi connectivity index (χ1v) is 5.93. The van der Waals surface area contributed by atoms with Crippen molar-refractivity contribution in [3.63, 3.8) is 0 Å². The lowest BCUT2D eigenvalue weighted by molar-refractivity contribution is -0.140. The van der Waals surface area contributed by atoms with Crippen molar-refractivity contribution in [2.75, 3.05) is 0 Å². The van der Waals surface area contributed by atoms with Gasteiger partial charge < -0.3 is 5.11 Å². The van der Waals surface area contributed by atoms with Crippen LogP contribution in [-0.2, 0) is 16.4 Å². The predicted molar refractivity (Wildman–Crippen MR) is 63.7 cm³/mol. The zero-order valence-corrected chi connectivity index (χ0v) is 10.9. The fraction of sp³-hybridized carbons (Fsp3) is 0.500. The summed E-state index contributed by atoms with van der Waals surface area (Å²) < 4.78 is 37.5. The fourth-order valence-corrected chi connectivity index (χ4v) is 3.08. The van der Waals surface area contributed by atoms with Crippen LogP contribution in [0.25, 0.3) is 0 Å². The van der Waals surface area contributed by atoms with E-state index < -0.39 is 34.5 Å². The van der Waals surface area contributed by atoms with Gasteiger partial charge in [-0.3, -0.25) is 4.79 Å². The van der Waals surface area contributed by atoms with Crippen molar-refractivity contribution in [1.29, 1.82) is 0 Å². The Morgan fingerprint density at radius 1 is 1.16 bits per heavy atom. The third-order valence-electron chi connectivity index (χ3n) is 4.61. The van der Waals surface area contributed by atoms with Crippen LogP contribution >= 0.6 is 0 Å². The second-order valence-corrected chi connectivity index (χ2v) is 5.77.